The van der Waals surface area contributed by atoms with Crippen LogP contribution >= 0.6 is 0 Å². The van der Waals surface area contributed by atoms with E-state index in [1.807, 2.05) is 6.92 Å². The molecule has 1 aromatic rings. The van der Waals surface area contributed by atoms with Gasteiger partial charge >= 0.3 is 0 Å². The zero-order chi connectivity index (χ0) is 10.6. The van der Waals surface area contributed by atoms with Crippen molar-refractivity contribution < 1.29 is 9.18 Å². The Kier molecular flexibility index (Phi) is 3.39. The molecule has 0 atom stereocenters. The second-order valence-electron chi connectivity index (χ2n) is 2.81. The normalized spacial score (nSPS) is 9.86. The second-order valence-corrected chi connectivity index (χ2v) is 2.81. The molecule has 1 rings (SSSR count). The van der Waals surface area contributed by atoms with Crippen LogP contribution < -0.4 is 11.1 Å². The van der Waals surface area contributed by atoms with Gasteiger partial charge in [-0.25, -0.2) is 9.37 Å². The van der Waals surface area contributed by atoms with Crippen LogP contribution in [0, 0.1) is 5.82 Å². The molecule has 1 heterocycles. The van der Waals surface area contributed by atoms with Gasteiger partial charge in [-0.15, -0.1) is 0 Å². The Labute approximate surface area is 81.3 Å². The summed E-state index contributed by atoms with van der Waals surface area (Å²) in [5, 5.41) is 2.55. The van der Waals surface area contributed by atoms with Gasteiger partial charge in [0.25, 0.3) is 5.91 Å². The summed E-state index contributed by atoms with van der Waals surface area (Å²) in [6, 6.07) is 1.30. The number of aromatic nitrogens is 1. The maximum atomic E-state index is 13.2. The first-order valence-electron chi connectivity index (χ1n) is 4.35. The Hall–Kier alpha value is -1.65. The minimum Gasteiger partial charge on any atom is -0.381 e. The molecule has 1 amide bonds. The lowest BCUT2D eigenvalue weighted by molar-refractivity contribution is 0.0949. The van der Waals surface area contributed by atoms with E-state index < -0.39 is 11.7 Å². The lowest BCUT2D eigenvalue weighted by Gasteiger charge is -2.04. The fourth-order valence-electron chi connectivity index (χ4n) is 0.969. The number of rotatable bonds is 3. The van der Waals surface area contributed by atoms with Crippen LogP contribution in [0.2, 0.25) is 0 Å². The molecule has 0 saturated heterocycles. The van der Waals surface area contributed by atoms with Gasteiger partial charge in [-0.1, -0.05) is 6.92 Å². The molecule has 0 bridgehead atoms. The van der Waals surface area contributed by atoms with Crippen molar-refractivity contribution in [2.45, 2.75) is 13.3 Å². The Morgan fingerprint density at radius 1 is 1.71 bits per heavy atom. The summed E-state index contributed by atoms with van der Waals surface area (Å²) in [6.45, 7) is 2.43. The Bertz CT molecular complexity index is 341. The summed E-state index contributed by atoms with van der Waals surface area (Å²) in [6.07, 6.45) is 2.10. The van der Waals surface area contributed by atoms with Gasteiger partial charge in [0.1, 0.15) is 0 Å². The molecule has 0 aromatic carbocycles. The zero-order valence-corrected chi connectivity index (χ0v) is 7.88. The molecular formula is C9H12FN3O. The first kappa shape index (κ1) is 10.4. The number of carbonyl (C=O) groups is 1. The van der Waals surface area contributed by atoms with Crippen molar-refractivity contribution in [3.05, 3.63) is 23.6 Å². The molecular weight excluding hydrogens is 185 g/mol. The van der Waals surface area contributed by atoms with Crippen molar-refractivity contribution in [1.29, 1.82) is 0 Å². The molecule has 0 aliphatic rings. The third-order valence-electron chi connectivity index (χ3n) is 1.70. The summed E-state index contributed by atoms with van der Waals surface area (Å²) in [7, 11) is 0. The molecule has 0 aliphatic heterocycles. The monoisotopic (exact) mass is 197 g/mol. The van der Waals surface area contributed by atoms with E-state index in [-0.39, 0.29) is 11.4 Å². The van der Waals surface area contributed by atoms with Gasteiger partial charge < -0.3 is 11.1 Å². The van der Waals surface area contributed by atoms with Gasteiger partial charge in [-0.2, -0.15) is 0 Å². The van der Waals surface area contributed by atoms with Crippen molar-refractivity contribution in [3.63, 3.8) is 0 Å². The molecule has 0 unspecified atom stereocenters. The van der Waals surface area contributed by atoms with Crippen molar-refractivity contribution in [1.82, 2.24) is 10.3 Å². The second kappa shape index (κ2) is 4.55. The molecule has 76 valence electrons. The molecule has 5 heteroatoms. The average Bonchev–Trinajstić information content (AvgIpc) is 2.18. The molecule has 0 aliphatic carbocycles. The molecule has 4 nitrogen and oxygen atoms in total. The first-order valence-corrected chi connectivity index (χ1v) is 4.35. The SMILES string of the molecule is CCCNC(=O)c1ccnc(N)c1F. The molecule has 14 heavy (non-hydrogen) atoms. The van der Waals surface area contributed by atoms with Crippen LogP contribution in [-0.4, -0.2) is 17.4 Å². The van der Waals surface area contributed by atoms with Crippen LogP contribution in [0.5, 0.6) is 0 Å². The summed E-state index contributed by atoms with van der Waals surface area (Å²) in [4.78, 5) is 14.9. The molecule has 1 aromatic heterocycles. The van der Waals surface area contributed by atoms with E-state index >= 15 is 0 Å². The van der Waals surface area contributed by atoms with Crippen LogP contribution in [0.25, 0.3) is 0 Å². The standard InChI is InChI=1S/C9H12FN3O/c1-2-4-13-9(14)6-3-5-12-8(11)7(6)10/h3,5H,2,4H2,1H3,(H2,11,12)(H,13,14). The highest BCUT2D eigenvalue weighted by Crippen LogP contribution is 2.11. The predicted octanol–water partition coefficient (Wildman–Crippen LogP) is 0.943. The Morgan fingerprint density at radius 2 is 2.43 bits per heavy atom. The molecule has 0 saturated carbocycles. The van der Waals surface area contributed by atoms with Crippen LogP contribution in [0.15, 0.2) is 12.3 Å². The van der Waals surface area contributed by atoms with E-state index in [4.69, 9.17) is 5.73 Å². The van der Waals surface area contributed by atoms with Crippen molar-refractivity contribution in [2.75, 3.05) is 12.3 Å². The first-order chi connectivity index (χ1) is 6.66. The molecule has 0 fully saturated rings. The lowest BCUT2D eigenvalue weighted by Crippen LogP contribution is -2.25. The van der Waals surface area contributed by atoms with E-state index in [9.17, 15) is 9.18 Å². The third-order valence-corrected chi connectivity index (χ3v) is 1.70. The quantitative estimate of drug-likeness (QED) is 0.757. The number of nitrogens with zero attached hydrogens (tertiary/aromatic N) is 1. The Morgan fingerprint density at radius 3 is 3.07 bits per heavy atom. The number of anilines is 1. The van der Waals surface area contributed by atoms with Crippen LogP contribution in [0.1, 0.15) is 23.7 Å². The predicted molar refractivity (Wildman–Crippen MR) is 51.2 cm³/mol. The van der Waals surface area contributed by atoms with E-state index in [1.165, 1.54) is 12.3 Å². The molecule has 0 radical (unpaired) electrons. The number of nitrogens with one attached hydrogen (secondary N) is 1. The number of nitrogens with two attached hydrogens (primary N) is 1. The summed E-state index contributed by atoms with van der Waals surface area (Å²) in [5.41, 5.74) is 5.16. The lowest BCUT2D eigenvalue weighted by atomic mass is 10.2. The average molecular weight is 197 g/mol. The summed E-state index contributed by atoms with van der Waals surface area (Å²) < 4.78 is 13.2. The number of hydrogen-bond donors (Lipinski definition) is 2. The van der Waals surface area contributed by atoms with Crippen LogP contribution in [0.4, 0.5) is 10.2 Å². The number of hydrogen-bond acceptors (Lipinski definition) is 3. The van der Waals surface area contributed by atoms with Crippen molar-refractivity contribution in [2.24, 2.45) is 0 Å². The van der Waals surface area contributed by atoms with E-state index in [2.05, 4.69) is 10.3 Å². The number of pyridine rings is 1. The minimum absolute atomic E-state index is 0.0639. The number of carbonyl (C=O) groups excluding carboxylic acids is 1. The number of halogens is 1. The van der Waals surface area contributed by atoms with E-state index in [0.717, 1.165) is 6.42 Å². The van der Waals surface area contributed by atoms with Gasteiger partial charge in [-0.05, 0) is 12.5 Å². The largest absolute Gasteiger partial charge is 0.381 e. The van der Waals surface area contributed by atoms with Crippen LogP contribution in [0.3, 0.4) is 0 Å². The third kappa shape index (κ3) is 2.18. The van der Waals surface area contributed by atoms with Crippen molar-refractivity contribution in [3.8, 4) is 0 Å². The van der Waals surface area contributed by atoms with E-state index in [0.29, 0.717) is 6.54 Å². The zero-order valence-electron chi connectivity index (χ0n) is 7.88. The number of amides is 1. The van der Waals surface area contributed by atoms with Crippen molar-refractivity contribution >= 4 is 11.7 Å². The highest BCUT2D eigenvalue weighted by Gasteiger charge is 2.13. The maximum absolute atomic E-state index is 13.2. The molecule has 0 spiro atoms. The topological polar surface area (TPSA) is 68.0 Å². The van der Waals surface area contributed by atoms with Gasteiger partial charge in [0.2, 0.25) is 0 Å². The minimum atomic E-state index is -0.763. The Balaban J connectivity index is 2.84. The number of nitrogen functional groups attached to an aromatic ring is 1. The van der Waals surface area contributed by atoms with Gasteiger partial charge in [0.15, 0.2) is 11.6 Å². The van der Waals surface area contributed by atoms with Gasteiger partial charge in [-0.3, -0.25) is 4.79 Å². The highest BCUT2D eigenvalue weighted by molar-refractivity contribution is 5.95. The maximum Gasteiger partial charge on any atom is 0.254 e. The fraction of sp³-hybridized carbons (Fsp3) is 0.333. The van der Waals surface area contributed by atoms with Crippen LogP contribution in [-0.2, 0) is 0 Å². The smallest absolute Gasteiger partial charge is 0.254 e. The van der Waals surface area contributed by atoms with Gasteiger partial charge in [0, 0.05) is 12.7 Å². The highest BCUT2D eigenvalue weighted by atomic mass is 19.1. The fourth-order valence-corrected chi connectivity index (χ4v) is 0.969. The summed E-state index contributed by atoms with van der Waals surface area (Å²) in [5.74, 6) is -1.48. The van der Waals surface area contributed by atoms with E-state index in [1.54, 1.807) is 0 Å². The van der Waals surface area contributed by atoms with Gasteiger partial charge in [0.05, 0.1) is 5.56 Å². The molecule has 3 N–H and O–H groups in total. The summed E-state index contributed by atoms with van der Waals surface area (Å²) >= 11 is 0.